The minimum absolute atomic E-state index is 0.0632. The number of pyridine rings is 1. The molecule has 1 aliphatic heterocycles. The van der Waals surface area contributed by atoms with Crippen LogP contribution in [0.15, 0.2) is 34.9 Å². The van der Waals surface area contributed by atoms with E-state index in [1.807, 2.05) is 0 Å². The van der Waals surface area contributed by atoms with Crippen molar-refractivity contribution in [1.82, 2.24) is 15.0 Å². The number of nitrogens with zero attached hydrogens (tertiary/aromatic N) is 3. The summed E-state index contributed by atoms with van der Waals surface area (Å²) in [6.45, 7) is 1.69. The fourth-order valence-corrected chi connectivity index (χ4v) is 5.28. The molecule has 0 unspecified atom stereocenters. The van der Waals surface area contributed by atoms with Crippen molar-refractivity contribution in [1.29, 1.82) is 0 Å². The number of aryl methyl sites for hydroxylation is 1. The maximum atomic E-state index is 14.3. The Morgan fingerprint density at radius 3 is 2.75 bits per heavy atom. The van der Waals surface area contributed by atoms with Crippen LogP contribution in [-0.2, 0) is 9.84 Å². The normalized spacial score (nSPS) is 18.5. The van der Waals surface area contributed by atoms with Crippen molar-refractivity contribution in [2.75, 3.05) is 18.6 Å². The molecule has 3 aromatic rings. The Hall–Kier alpha value is -2.81. The summed E-state index contributed by atoms with van der Waals surface area (Å²) in [5.74, 6) is -0.849. The zero-order valence-corrected chi connectivity index (χ0v) is 16.2. The summed E-state index contributed by atoms with van der Waals surface area (Å²) >= 11 is 0. The number of carbonyl (C=O) groups excluding carboxylic acids is 1. The van der Waals surface area contributed by atoms with E-state index in [0.717, 1.165) is 0 Å². The van der Waals surface area contributed by atoms with Crippen molar-refractivity contribution in [3.63, 3.8) is 0 Å². The van der Waals surface area contributed by atoms with Gasteiger partial charge in [-0.25, -0.2) is 17.8 Å². The number of rotatable bonds is 3. The average Bonchev–Trinajstić information content (AvgIpc) is 3.22. The van der Waals surface area contributed by atoms with Gasteiger partial charge >= 0.3 is 0 Å². The number of fused-ring (bicyclic) bond motifs is 1. The summed E-state index contributed by atoms with van der Waals surface area (Å²) < 4.78 is 43.1. The molecular weight excluding hydrogens is 385 g/mol. The van der Waals surface area contributed by atoms with Crippen molar-refractivity contribution in [3.05, 3.63) is 47.4 Å². The zero-order valence-electron chi connectivity index (χ0n) is 15.3. The highest BCUT2D eigenvalue weighted by atomic mass is 32.2. The first-order valence-electron chi connectivity index (χ1n) is 8.76. The van der Waals surface area contributed by atoms with Gasteiger partial charge < -0.3 is 9.42 Å². The summed E-state index contributed by atoms with van der Waals surface area (Å²) in [4.78, 5) is 19.0. The molecule has 1 amide bonds. The Morgan fingerprint density at radius 1 is 1.32 bits per heavy atom. The van der Waals surface area contributed by atoms with E-state index in [1.165, 1.54) is 17.0 Å². The lowest BCUT2D eigenvalue weighted by Gasteiger charge is -2.24. The van der Waals surface area contributed by atoms with E-state index in [0.29, 0.717) is 17.5 Å². The van der Waals surface area contributed by atoms with Gasteiger partial charge in [-0.1, -0.05) is 17.3 Å². The minimum atomic E-state index is -3.14. The third-order valence-corrected chi connectivity index (χ3v) is 6.82. The fourth-order valence-electron chi connectivity index (χ4n) is 3.51. The van der Waals surface area contributed by atoms with Crippen LogP contribution in [0.25, 0.3) is 22.4 Å². The Bertz CT molecular complexity index is 1190. The summed E-state index contributed by atoms with van der Waals surface area (Å²) in [5.41, 5.74) is 1.36. The molecule has 2 aromatic heterocycles. The van der Waals surface area contributed by atoms with Crippen LogP contribution in [0.4, 0.5) is 4.39 Å². The van der Waals surface area contributed by atoms with Gasteiger partial charge in [-0.15, -0.1) is 0 Å². The molecule has 0 aliphatic carbocycles. The molecule has 9 heteroatoms. The predicted octanol–water partition coefficient (Wildman–Crippen LogP) is 2.60. The second kappa shape index (κ2) is 6.66. The summed E-state index contributed by atoms with van der Waals surface area (Å²) in [7, 11) is -1.56. The van der Waals surface area contributed by atoms with Crippen LogP contribution < -0.4 is 0 Å². The molecule has 1 aliphatic rings. The van der Waals surface area contributed by atoms with E-state index in [-0.39, 0.29) is 39.9 Å². The molecule has 1 aromatic carbocycles. The molecule has 0 bridgehead atoms. The maximum absolute atomic E-state index is 14.3. The van der Waals surface area contributed by atoms with Crippen LogP contribution in [0.5, 0.6) is 0 Å². The summed E-state index contributed by atoms with van der Waals surface area (Å²) in [6.07, 6.45) is 0.390. The van der Waals surface area contributed by atoms with Gasteiger partial charge in [0.05, 0.1) is 33.8 Å². The highest BCUT2D eigenvalue weighted by molar-refractivity contribution is 7.91. The first kappa shape index (κ1) is 18.5. The molecule has 1 atom stereocenters. The van der Waals surface area contributed by atoms with Crippen molar-refractivity contribution in [3.8, 4) is 11.3 Å². The average molecular weight is 403 g/mol. The van der Waals surface area contributed by atoms with Gasteiger partial charge in [-0.05, 0) is 31.5 Å². The second-order valence-electron chi connectivity index (χ2n) is 6.96. The molecule has 0 N–H and O–H groups in total. The predicted molar refractivity (Wildman–Crippen MR) is 101 cm³/mol. The van der Waals surface area contributed by atoms with Gasteiger partial charge in [-0.2, -0.15) is 0 Å². The Balaban J connectivity index is 1.82. The van der Waals surface area contributed by atoms with Crippen LogP contribution in [0, 0.1) is 12.7 Å². The third kappa shape index (κ3) is 3.15. The van der Waals surface area contributed by atoms with Crippen molar-refractivity contribution in [2.45, 2.75) is 19.4 Å². The van der Waals surface area contributed by atoms with Gasteiger partial charge in [0, 0.05) is 18.7 Å². The zero-order chi connectivity index (χ0) is 20.1. The monoisotopic (exact) mass is 403 g/mol. The topological polar surface area (TPSA) is 93.4 Å². The number of aromatic nitrogens is 2. The van der Waals surface area contributed by atoms with Crippen molar-refractivity contribution in [2.24, 2.45) is 0 Å². The van der Waals surface area contributed by atoms with E-state index in [1.54, 1.807) is 32.2 Å². The highest BCUT2D eigenvalue weighted by Crippen LogP contribution is 2.30. The lowest BCUT2D eigenvalue weighted by atomic mass is 10.0. The minimum Gasteiger partial charge on any atom is -0.338 e. The molecule has 0 saturated carbocycles. The molecule has 3 heterocycles. The molecule has 0 radical (unpaired) electrons. The molecular formula is C19H18FN3O4S. The van der Waals surface area contributed by atoms with Crippen LogP contribution in [0.2, 0.25) is 0 Å². The quantitative estimate of drug-likeness (QED) is 0.667. The smallest absolute Gasteiger partial charge is 0.259 e. The molecule has 1 saturated heterocycles. The van der Waals surface area contributed by atoms with Crippen LogP contribution in [-0.4, -0.2) is 54.0 Å². The molecule has 7 nitrogen and oxygen atoms in total. The van der Waals surface area contributed by atoms with Crippen LogP contribution in [0.3, 0.4) is 0 Å². The highest BCUT2D eigenvalue weighted by Gasteiger charge is 2.34. The van der Waals surface area contributed by atoms with Crippen molar-refractivity contribution >= 4 is 26.8 Å². The number of amides is 1. The number of hydrogen-bond acceptors (Lipinski definition) is 6. The van der Waals surface area contributed by atoms with Crippen molar-refractivity contribution < 1.29 is 22.1 Å². The maximum Gasteiger partial charge on any atom is 0.259 e. The number of benzene rings is 1. The van der Waals surface area contributed by atoms with Gasteiger partial charge in [0.25, 0.3) is 11.6 Å². The van der Waals surface area contributed by atoms with E-state index in [2.05, 4.69) is 10.1 Å². The van der Waals surface area contributed by atoms with E-state index in [4.69, 9.17) is 4.52 Å². The molecule has 146 valence electrons. The number of sulfone groups is 1. The third-order valence-electron chi connectivity index (χ3n) is 5.07. The second-order valence-corrected chi connectivity index (χ2v) is 9.18. The first-order chi connectivity index (χ1) is 13.3. The molecule has 1 fully saturated rings. The first-order valence-corrected chi connectivity index (χ1v) is 10.6. The number of halogens is 1. The van der Waals surface area contributed by atoms with E-state index < -0.39 is 21.7 Å². The van der Waals surface area contributed by atoms with E-state index in [9.17, 15) is 17.6 Å². The summed E-state index contributed by atoms with van der Waals surface area (Å²) in [6, 6.07) is 7.21. The SMILES string of the molecule is Cc1noc2nc(-c3ccccc3F)cc(C(=O)N(C)[C@@H]3CCS(=O)(=O)C3)c12. The van der Waals surface area contributed by atoms with E-state index >= 15 is 0 Å². The molecule has 4 rings (SSSR count). The Labute approximate surface area is 161 Å². The summed E-state index contributed by atoms with van der Waals surface area (Å²) in [5, 5.41) is 4.32. The number of carbonyl (C=O) groups is 1. The van der Waals surface area contributed by atoms with Crippen LogP contribution in [0.1, 0.15) is 22.5 Å². The van der Waals surface area contributed by atoms with Crippen LogP contribution >= 0.6 is 0 Å². The van der Waals surface area contributed by atoms with Gasteiger partial charge in [0.1, 0.15) is 5.82 Å². The molecule has 28 heavy (non-hydrogen) atoms. The lowest BCUT2D eigenvalue weighted by Crippen LogP contribution is -2.38. The Morgan fingerprint density at radius 2 is 2.07 bits per heavy atom. The fraction of sp³-hybridized carbons (Fsp3) is 0.316. The van der Waals surface area contributed by atoms with Gasteiger partial charge in [0.15, 0.2) is 9.84 Å². The van der Waals surface area contributed by atoms with Gasteiger partial charge in [-0.3, -0.25) is 4.79 Å². The van der Waals surface area contributed by atoms with Gasteiger partial charge in [0.2, 0.25) is 0 Å². The number of hydrogen-bond donors (Lipinski definition) is 0. The lowest BCUT2D eigenvalue weighted by molar-refractivity contribution is 0.0749. The largest absolute Gasteiger partial charge is 0.338 e. The molecule has 0 spiro atoms. The standard InChI is InChI=1S/C19H18FN3O4S/c1-11-17-14(19(24)23(2)12-7-8-28(25,26)10-12)9-16(21-18(17)27-22-11)13-5-3-4-6-15(13)20/h3-6,9,12H,7-8,10H2,1-2H3/t12-/m1/s1. The Kier molecular flexibility index (Phi) is 4.41.